The molecule has 1 aliphatic heterocycles. The number of rotatable bonds is 17. The van der Waals surface area contributed by atoms with Crippen LogP contribution in [0.25, 0.3) is 0 Å². The minimum atomic E-state index is -0.937. The molecule has 7 amide bonds. The summed E-state index contributed by atoms with van der Waals surface area (Å²) in [5.41, 5.74) is 6.52. The van der Waals surface area contributed by atoms with Crippen molar-refractivity contribution in [2.24, 2.45) is 11.7 Å². The second kappa shape index (κ2) is 17.0. The van der Waals surface area contributed by atoms with Gasteiger partial charge in [0.25, 0.3) is 11.8 Å². The molecule has 1 aliphatic rings. The van der Waals surface area contributed by atoms with Crippen LogP contribution in [0.3, 0.4) is 0 Å². The SMILES string of the molecule is CC(C)[C@H](NC(=O)CCCCCN1C(=O)C=CC1=O)C(=O)N[C@@H](CCCNC(N)=O)C(=O)Nc1ccc(CCl)cc1. The maximum atomic E-state index is 13.2. The molecule has 2 rings (SSSR count). The van der Waals surface area contributed by atoms with E-state index in [2.05, 4.69) is 21.3 Å². The Morgan fingerprint density at radius 2 is 1.56 bits per heavy atom. The first-order chi connectivity index (χ1) is 19.5. The summed E-state index contributed by atoms with van der Waals surface area (Å²) in [7, 11) is 0. The van der Waals surface area contributed by atoms with Crippen molar-refractivity contribution in [3.05, 3.63) is 42.0 Å². The van der Waals surface area contributed by atoms with Gasteiger partial charge in [-0.3, -0.25) is 28.9 Å². The maximum Gasteiger partial charge on any atom is 0.312 e. The molecule has 0 radical (unpaired) electrons. The molecular formula is C28H39ClN6O6. The number of unbranched alkanes of at least 4 members (excludes halogenated alkanes) is 2. The molecule has 0 saturated carbocycles. The van der Waals surface area contributed by atoms with E-state index in [1.165, 1.54) is 12.2 Å². The van der Waals surface area contributed by atoms with Gasteiger partial charge in [-0.05, 0) is 49.3 Å². The smallest absolute Gasteiger partial charge is 0.312 e. The van der Waals surface area contributed by atoms with Gasteiger partial charge in [-0.2, -0.15) is 0 Å². The quantitative estimate of drug-likeness (QED) is 0.105. The van der Waals surface area contributed by atoms with Gasteiger partial charge in [0, 0.05) is 43.2 Å². The van der Waals surface area contributed by atoms with Gasteiger partial charge < -0.3 is 27.0 Å². The summed E-state index contributed by atoms with van der Waals surface area (Å²) in [5.74, 6) is -1.87. The third-order valence-corrected chi connectivity index (χ3v) is 6.74. The molecule has 0 saturated heterocycles. The molecule has 2 atom stereocenters. The first kappa shape index (κ1) is 33.3. The first-order valence-corrected chi connectivity index (χ1v) is 14.2. The van der Waals surface area contributed by atoms with Crippen LogP contribution in [0.1, 0.15) is 57.9 Å². The van der Waals surface area contributed by atoms with Crippen molar-refractivity contribution in [3.63, 3.8) is 0 Å². The van der Waals surface area contributed by atoms with E-state index >= 15 is 0 Å². The van der Waals surface area contributed by atoms with Gasteiger partial charge in [0.2, 0.25) is 17.7 Å². The number of hydrogen-bond acceptors (Lipinski definition) is 6. The number of urea groups is 1. The number of hydrogen-bond donors (Lipinski definition) is 5. The molecule has 41 heavy (non-hydrogen) atoms. The minimum Gasteiger partial charge on any atom is -0.352 e. The fourth-order valence-electron chi connectivity index (χ4n) is 4.12. The zero-order valence-corrected chi connectivity index (χ0v) is 24.2. The van der Waals surface area contributed by atoms with Crippen molar-refractivity contribution in [1.82, 2.24) is 20.9 Å². The molecule has 224 valence electrons. The normalized spacial score (nSPS) is 14.1. The number of anilines is 1. The Morgan fingerprint density at radius 3 is 2.15 bits per heavy atom. The van der Waals surface area contributed by atoms with E-state index in [0.717, 1.165) is 10.5 Å². The first-order valence-electron chi connectivity index (χ1n) is 13.6. The average molecular weight is 591 g/mol. The van der Waals surface area contributed by atoms with Crippen LogP contribution >= 0.6 is 11.6 Å². The van der Waals surface area contributed by atoms with Crippen molar-refractivity contribution >= 4 is 52.9 Å². The van der Waals surface area contributed by atoms with Crippen molar-refractivity contribution in [2.45, 2.75) is 70.3 Å². The number of nitrogens with one attached hydrogen (secondary N) is 4. The molecule has 1 aromatic carbocycles. The molecule has 6 N–H and O–H groups in total. The summed E-state index contributed by atoms with van der Waals surface area (Å²) in [4.78, 5) is 74.3. The molecule has 12 nitrogen and oxygen atoms in total. The van der Waals surface area contributed by atoms with Crippen molar-refractivity contribution in [3.8, 4) is 0 Å². The van der Waals surface area contributed by atoms with Gasteiger partial charge in [0.15, 0.2) is 0 Å². The highest BCUT2D eigenvalue weighted by Gasteiger charge is 2.29. The van der Waals surface area contributed by atoms with Crippen molar-refractivity contribution in [1.29, 1.82) is 0 Å². The molecule has 1 aromatic rings. The predicted molar refractivity (Wildman–Crippen MR) is 154 cm³/mol. The molecule has 1 heterocycles. The van der Waals surface area contributed by atoms with Crippen molar-refractivity contribution < 1.29 is 28.8 Å². The molecule has 0 aliphatic carbocycles. The van der Waals surface area contributed by atoms with Crippen LogP contribution in [0.2, 0.25) is 0 Å². The number of nitrogens with zero attached hydrogens (tertiary/aromatic N) is 1. The third kappa shape index (κ3) is 11.6. The van der Waals surface area contributed by atoms with Crippen LogP contribution in [-0.4, -0.2) is 65.6 Å². The predicted octanol–water partition coefficient (Wildman–Crippen LogP) is 1.92. The second-order valence-electron chi connectivity index (χ2n) is 10.1. The number of imide groups is 1. The number of primary amides is 1. The molecule has 0 fully saturated rings. The number of amides is 7. The van der Waals surface area contributed by atoms with Crippen LogP contribution in [0.4, 0.5) is 10.5 Å². The van der Waals surface area contributed by atoms with E-state index < -0.39 is 29.9 Å². The monoisotopic (exact) mass is 590 g/mol. The third-order valence-electron chi connectivity index (χ3n) is 6.43. The highest BCUT2D eigenvalue weighted by atomic mass is 35.5. The summed E-state index contributed by atoms with van der Waals surface area (Å²) in [6, 6.07) is 4.46. The number of benzene rings is 1. The van der Waals surface area contributed by atoms with E-state index in [4.69, 9.17) is 17.3 Å². The number of nitrogens with two attached hydrogens (primary N) is 1. The van der Waals surface area contributed by atoms with Crippen LogP contribution in [0.15, 0.2) is 36.4 Å². The van der Waals surface area contributed by atoms with E-state index in [1.807, 2.05) is 0 Å². The lowest BCUT2D eigenvalue weighted by Gasteiger charge is -2.25. The fraction of sp³-hybridized carbons (Fsp3) is 0.500. The molecule has 0 spiro atoms. The second-order valence-corrected chi connectivity index (χ2v) is 10.3. The number of carbonyl (C=O) groups is 6. The van der Waals surface area contributed by atoms with E-state index in [9.17, 15) is 28.8 Å². The average Bonchev–Trinajstić information content (AvgIpc) is 3.25. The highest BCUT2D eigenvalue weighted by molar-refractivity contribution is 6.17. The Hall–Kier alpha value is -3.93. The summed E-state index contributed by atoms with van der Waals surface area (Å²) in [6.45, 7) is 4.08. The van der Waals surface area contributed by atoms with Gasteiger partial charge >= 0.3 is 6.03 Å². The lowest BCUT2D eigenvalue weighted by Crippen LogP contribution is -2.54. The van der Waals surface area contributed by atoms with Crippen LogP contribution in [-0.2, 0) is 29.9 Å². The lowest BCUT2D eigenvalue weighted by molar-refractivity contribution is -0.137. The summed E-state index contributed by atoms with van der Waals surface area (Å²) in [5, 5.41) is 10.7. The Labute approximate surface area is 244 Å². The van der Waals surface area contributed by atoms with Gasteiger partial charge in [0.1, 0.15) is 12.1 Å². The maximum absolute atomic E-state index is 13.2. The van der Waals surface area contributed by atoms with Crippen LogP contribution in [0.5, 0.6) is 0 Å². The lowest BCUT2D eigenvalue weighted by atomic mass is 10.0. The summed E-state index contributed by atoms with van der Waals surface area (Å²) < 4.78 is 0. The van der Waals surface area contributed by atoms with Gasteiger partial charge in [-0.1, -0.05) is 32.4 Å². The van der Waals surface area contributed by atoms with Gasteiger partial charge in [0.05, 0.1) is 0 Å². The standard InChI is InChI=1S/C28H39ClN6O6/c1-18(2)25(34-22(36)8-4-3-5-16-35-23(37)13-14-24(35)38)27(40)33-21(7-6-15-31-28(30)41)26(39)32-20-11-9-19(17-29)10-12-20/h9-14,18,21,25H,3-8,15-17H2,1-2H3,(H,32,39)(H,33,40)(H,34,36)(H3,30,31,41)/t21-,25-/m0/s1. The van der Waals surface area contributed by atoms with E-state index in [0.29, 0.717) is 43.8 Å². The molecule has 0 aromatic heterocycles. The van der Waals surface area contributed by atoms with E-state index in [1.54, 1.807) is 38.1 Å². The minimum absolute atomic E-state index is 0.164. The molecule has 0 unspecified atom stereocenters. The van der Waals surface area contributed by atoms with E-state index in [-0.39, 0.29) is 43.0 Å². The van der Waals surface area contributed by atoms with Gasteiger partial charge in [-0.15, -0.1) is 11.6 Å². The Balaban J connectivity index is 1.92. The summed E-state index contributed by atoms with van der Waals surface area (Å²) in [6.07, 6.45) is 4.92. The zero-order valence-electron chi connectivity index (χ0n) is 23.4. The Morgan fingerprint density at radius 1 is 0.902 bits per heavy atom. The fourth-order valence-corrected chi connectivity index (χ4v) is 4.30. The Kier molecular flexibility index (Phi) is 13.8. The largest absolute Gasteiger partial charge is 0.352 e. The number of halogens is 1. The van der Waals surface area contributed by atoms with Crippen molar-refractivity contribution in [2.75, 3.05) is 18.4 Å². The molecular weight excluding hydrogens is 552 g/mol. The number of carbonyl (C=O) groups excluding carboxylic acids is 6. The molecule has 13 heteroatoms. The number of alkyl halides is 1. The molecule has 0 bridgehead atoms. The van der Waals surface area contributed by atoms with Crippen LogP contribution < -0.4 is 27.0 Å². The summed E-state index contributed by atoms with van der Waals surface area (Å²) >= 11 is 5.82. The van der Waals surface area contributed by atoms with Crippen LogP contribution in [0, 0.1) is 5.92 Å². The zero-order chi connectivity index (χ0) is 30.4. The topological polar surface area (TPSA) is 180 Å². The Bertz CT molecular complexity index is 1110. The highest BCUT2D eigenvalue weighted by Crippen LogP contribution is 2.13. The van der Waals surface area contributed by atoms with Gasteiger partial charge in [-0.25, -0.2) is 4.79 Å².